The Kier molecular flexibility index (Phi) is 7.87. The monoisotopic (exact) mass is 434 g/mol. The summed E-state index contributed by atoms with van der Waals surface area (Å²) in [7, 11) is 1.87. The van der Waals surface area contributed by atoms with Crippen LogP contribution in [0.3, 0.4) is 0 Å². The van der Waals surface area contributed by atoms with Gasteiger partial charge in [-0.1, -0.05) is 0 Å². The Morgan fingerprint density at radius 2 is 1.93 bits per heavy atom. The van der Waals surface area contributed by atoms with Crippen molar-refractivity contribution in [2.45, 2.75) is 38.9 Å². The van der Waals surface area contributed by atoms with E-state index in [1.807, 2.05) is 11.9 Å². The second kappa shape index (κ2) is 9.78. The Hall–Kier alpha value is -2.14. The fourth-order valence-electron chi connectivity index (χ4n) is 3.82. The van der Waals surface area contributed by atoms with Gasteiger partial charge in [-0.2, -0.15) is 13.2 Å². The minimum absolute atomic E-state index is 0.0628. The molecule has 1 amide bonds. The van der Waals surface area contributed by atoms with Crippen LogP contribution in [0.2, 0.25) is 0 Å². The molecule has 1 spiro atoms. The number of amides is 1. The standard InChI is InChI=1S/C17H28N4O2.C2HF3O2/c1-14(2)20-7-8-23-12-17(10-20)5-4-6-21(11-17)16(22)15-9-18-13-19(15)3;3-2(4,5)1(6)7/h9,13-14H,4-8,10-12H2,1-3H3;(H,6,7). The zero-order chi connectivity index (χ0) is 22.5. The number of carboxylic acids is 1. The van der Waals surface area contributed by atoms with Crippen LogP contribution in [0.15, 0.2) is 12.5 Å². The lowest BCUT2D eigenvalue weighted by Crippen LogP contribution is -2.53. The van der Waals surface area contributed by atoms with Crippen molar-refractivity contribution in [1.29, 1.82) is 0 Å². The molecule has 2 fully saturated rings. The lowest BCUT2D eigenvalue weighted by atomic mass is 9.79. The average Bonchev–Trinajstić information content (AvgIpc) is 2.98. The molecule has 2 aliphatic rings. The van der Waals surface area contributed by atoms with Crippen LogP contribution >= 0.6 is 0 Å². The maximum Gasteiger partial charge on any atom is 0.490 e. The highest BCUT2D eigenvalue weighted by atomic mass is 19.4. The van der Waals surface area contributed by atoms with Crippen LogP contribution in [0, 0.1) is 5.41 Å². The number of carbonyl (C=O) groups is 2. The first-order valence-electron chi connectivity index (χ1n) is 9.83. The van der Waals surface area contributed by atoms with Gasteiger partial charge in [0.2, 0.25) is 0 Å². The summed E-state index contributed by atoms with van der Waals surface area (Å²) in [6, 6.07) is 0.511. The predicted octanol–water partition coefficient (Wildman–Crippen LogP) is 2.02. The summed E-state index contributed by atoms with van der Waals surface area (Å²) in [6.07, 6.45) is 0.431. The van der Waals surface area contributed by atoms with Gasteiger partial charge in [-0.3, -0.25) is 9.69 Å². The highest BCUT2D eigenvalue weighted by Crippen LogP contribution is 2.34. The lowest BCUT2D eigenvalue weighted by molar-refractivity contribution is -0.192. The number of likely N-dealkylation sites (tertiary alicyclic amines) is 1. The Balaban J connectivity index is 0.000000396. The van der Waals surface area contributed by atoms with Crippen LogP contribution in [0.5, 0.6) is 0 Å². The van der Waals surface area contributed by atoms with Gasteiger partial charge in [0.05, 0.1) is 25.7 Å². The molecule has 1 aromatic rings. The van der Waals surface area contributed by atoms with Crippen LogP contribution in [-0.2, 0) is 16.6 Å². The smallest absolute Gasteiger partial charge is 0.475 e. The number of nitrogens with zero attached hydrogens (tertiary/aromatic N) is 4. The maximum atomic E-state index is 12.8. The van der Waals surface area contributed by atoms with E-state index in [4.69, 9.17) is 14.6 Å². The van der Waals surface area contributed by atoms with Gasteiger partial charge in [-0.15, -0.1) is 0 Å². The minimum Gasteiger partial charge on any atom is -0.475 e. The highest BCUT2D eigenvalue weighted by molar-refractivity contribution is 5.92. The first-order valence-corrected chi connectivity index (χ1v) is 9.83. The normalized spacial score (nSPS) is 23.1. The van der Waals surface area contributed by atoms with E-state index in [0.29, 0.717) is 11.7 Å². The van der Waals surface area contributed by atoms with E-state index in [9.17, 15) is 18.0 Å². The van der Waals surface area contributed by atoms with Gasteiger partial charge in [0.1, 0.15) is 5.69 Å². The molecule has 2 saturated heterocycles. The van der Waals surface area contributed by atoms with Crippen LogP contribution in [-0.4, -0.2) is 87.9 Å². The average molecular weight is 434 g/mol. The zero-order valence-corrected chi connectivity index (χ0v) is 17.5. The molecular weight excluding hydrogens is 405 g/mol. The maximum absolute atomic E-state index is 12.8. The van der Waals surface area contributed by atoms with E-state index >= 15 is 0 Å². The molecule has 8 nitrogen and oxygen atoms in total. The molecule has 170 valence electrons. The van der Waals surface area contributed by atoms with Crippen molar-refractivity contribution < 1.29 is 32.6 Å². The summed E-state index contributed by atoms with van der Waals surface area (Å²) in [5.74, 6) is -2.67. The summed E-state index contributed by atoms with van der Waals surface area (Å²) < 4.78 is 39.4. The number of piperidine rings is 1. The number of imidazole rings is 1. The third kappa shape index (κ3) is 6.18. The van der Waals surface area contributed by atoms with Gasteiger partial charge in [0.25, 0.3) is 5.91 Å². The quantitative estimate of drug-likeness (QED) is 0.766. The molecule has 0 radical (unpaired) electrons. The Morgan fingerprint density at radius 1 is 1.27 bits per heavy atom. The number of aliphatic carboxylic acids is 1. The molecule has 0 aliphatic carbocycles. The molecule has 1 N–H and O–H groups in total. The molecule has 0 saturated carbocycles. The largest absolute Gasteiger partial charge is 0.490 e. The van der Waals surface area contributed by atoms with E-state index in [-0.39, 0.29) is 11.3 Å². The third-order valence-electron chi connectivity index (χ3n) is 5.43. The van der Waals surface area contributed by atoms with Crippen LogP contribution in [0.1, 0.15) is 37.2 Å². The number of rotatable bonds is 2. The Morgan fingerprint density at radius 3 is 2.47 bits per heavy atom. The van der Waals surface area contributed by atoms with Crippen LogP contribution in [0.25, 0.3) is 0 Å². The van der Waals surface area contributed by atoms with Crippen molar-refractivity contribution in [3.05, 3.63) is 18.2 Å². The molecule has 1 aromatic heterocycles. The number of ether oxygens (including phenoxy) is 1. The summed E-state index contributed by atoms with van der Waals surface area (Å²) >= 11 is 0. The van der Waals surface area contributed by atoms with Crippen molar-refractivity contribution in [1.82, 2.24) is 19.4 Å². The van der Waals surface area contributed by atoms with E-state index in [0.717, 1.165) is 52.2 Å². The molecule has 11 heteroatoms. The molecule has 0 bridgehead atoms. The van der Waals surface area contributed by atoms with E-state index in [1.54, 1.807) is 17.1 Å². The van der Waals surface area contributed by atoms with Crippen molar-refractivity contribution in [2.75, 3.05) is 39.4 Å². The van der Waals surface area contributed by atoms with E-state index in [1.165, 1.54) is 0 Å². The lowest BCUT2D eigenvalue weighted by Gasteiger charge is -2.44. The van der Waals surface area contributed by atoms with Crippen LogP contribution < -0.4 is 0 Å². The van der Waals surface area contributed by atoms with E-state index in [2.05, 4.69) is 23.7 Å². The van der Waals surface area contributed by atoms with Crippen molar-refractivity contribution in [3.8, 4) is 0 Å². The molecular formula is C19H29F3N4O4. The number of aryl methyl sites for hydroxylation is 1. The summed E-state index contributed by atoms with van der Waals surface area (Å²) in [5.41, 5.74) is 0.727. The van der Waals surface area contributed by atoms with Gasteiger partial charge in [0, 0.05) is 44.7 Å². The van der Waals surface area contributed by atoms with Crippen molar-refractivity contribution >= 4 is 11.9 Å². The van der Waals surface area contributed by atoms with Gasteiger partial charge in [-0.25, -0.2) is 9.78 Å². The van der Waals surface area contributed by atoms with Crippen molar-refractivity contribution in [2.24, 2.45) is 12.5 Å². The molecule has 1 atom stereocenters. The van der Waals surface area contributed by atoms with Gasteiger partial charge in [-0.05, 0) is 26.7 Å². The number of carbonyl (C=O) groups excluding carboxylic acids is 1. The number of hydrogen-bond acceptors (Lipinski definition) is 5. The first-order chi connectivity index (χ1) is 13.9. The SMILES string of the molecule is CC(C)N1CCOCC2(CCCN(C(=O)c3cncn3C)C2)C1.O=C(O)C(F)(F)F. The molecule has 30 heavy (non-hydrogen) atoms. The number of aromatic nitrogens is 2. The predicted molar refractivity (Wildman–Crippen MR) is 102 cm³/mol. The van der Waals surface area contributed by atoms with Crippen LogP contribution in [0.4, 0.5) is 13.2 Å². The molecule has 3 heterocycles. The molecule has 2 aliphatic heterocycles. The first kappa shape index (κ1) is 24.1. The minimum atomic E-state index is -5.08. The Bertz CT molecular complexity index is 738. The van der Waals surface area contributed by atoms with Gasteiger partial charge < -0.3 is 19.3 Å². The fraction of sp³-hybridized carbons (Fsp3) is 0.737. The summed E-state index contributed by atoms with van der Waals surface area (Å²) in [4.78, 5) is 30.3. The second-order valence-electron chi connectivity index (χ2n) is 8.14. The van der Waals surface area contributed by atoms with Crippen molar-refractivity contribution in [3.63, 3.8) is 0 Å². The molecule has 1 unspecified atom stereocenters. The molecule has 0 aromatic carbocycles. The second-order valence-corrected chi connectivity index (χ2v) is 8.14. The van der Waals surface area contributed by atoms with Gasteiger partial charge >= 0.3 is 12.1 Å². The fourth-order valence-corrected chi connectivity index (χ4v) is 3.82. The highest BCUT2D eigenvalue weighted by Gasteiger charge is 2.41. The topological polar surface area (TPSA) is 87.9 Å². The number of carboxylic acid groups (broad SMARTS) is 1. The Labute approximate surface area is 173 Å². The molecule has 3 rings (SSSR count). The van der Waals surface area contributed by atoms with E-state index < -0.39 is 12.1 Å². The third-order valence-corrected chi connectivity index (χ3v) is 5.43. The summed E-state index contributed by atoms with van der Waals surface area (Å²) in [6.45, 7) is 9.62. The van der Waals surface area contributed by atoms with Gasteiger partial charge in [0.15, 0.2) is 0 Å². The summed E-state index contributed by atoms with van der Waals surface area (Å²) in [5, 5.41) is 7.12. The number of halogens is 3. The zero-order valence-electron chi connectivity index (χ0n) is 17.5. The number of alkyl halides is 3. The number of hydrogen-bond donors (Lipinski definition) is 1.